The van der Waals surface area contributed by atoms with Crippen LogP contribution in [-0.4, -0.2) is 46.8 Å². The molecule has 1 saturated heterocycles. The van der Waals surface area contributed by atoms with E-state index >= 15 is 0 Å². The number of amides is 1. The predicted molar refractivity (Wildman–Crippen MR) is 97.4 cm³/mol. The largest absolute Gasteiger partial charge is 0.464 e. The monoisotopic (exact) mass is 387 g/mol. The summed E-state index contributed by atoms with van der Waals surface area (Å²) in [4.78, 5) is 26.8. The van der Waals surface area contributed by atoms with E-state index in [1.165, 1.54) is 19.2 Å². The lowest BCUT2D eigenvalue weighted by atomic mass is 9.93. The lowest BCUT2D eigenvalue weighted by Gasteiger charge is -2.26. The van der Waals surface area contributed by atoms with Gasteiger partial charge in [0.25, 0.3) is 0 Å². The molecule has 1 aromatic heterocycles. The lowest BCUT2D eigenvalue weighted by Crippen LogP contribution is -2.39. The molecule has 3 heterocycles. The van der Waals surface area contributed by atoms with Crippen molar-refractivity contribution in [1.29, 1.82) is 0 Å². The van der Waals surface area contributed by atoms with E-state index in [1.54, 1.807) is 21.7 Å². The molecule has 2 aliphatic rings. The van der Waals surface area contributed by atoms with Crippen LogP contribution in [0.25, 0.3) is 0 Å². The van der Waals surface area contributed by atoms with E-state index in [-0.39, 0.29) is 29.4 Å². The number of esters is 1. The highest BCUT2D eigenvalue weighted by molar-refractivity contribution is 5.87. The van der Waals surface area contributed by atoms with Gasteiger partial charge in [-0.2, -0.15) is 5.10 Å². The number of rotatable bonds is 3. The van der Waals surface area contributed by atoms with Crippen LogP contribution >= 0.6 is 0 Å². The zero-order valence-electron chi connectivity index (χ0n) is 15.5. The second kappa shape index (κ2) is 7.69. The normalized spacial score (nSPS) is 21.9. The highest BCUT2D eigenvalue weighted by Crippen LogP contribution is 2.28. The molecule has 28 heavy (non-hydrogen) atoms. The average Bonchev–Trinajstić information content (AvgIpc) is 3.29. The highest BCUT2D eigenvalue weighted by atomic mass is 19.1. The Morgan fingerprint density at radius 3 is 2.93 bits per heavy atom. The van der Waals surface area contributed by atoms with Gasteiger partial charge in [-0.15, -0.1) is 0 Å². The minimum Gasteiger partial charge on any atom is -0.464 e. The summed E-state index contributed by atoms with van der Waals surface area (Å²) in [6.07, 6.45) is 0.735. The first-order chi connectivity index (χ1) is 13.6. The number of nitrogens with zero attached hydrogens (tertiary/aromatic N) is 3. The van der Waals surface area contributed by atoms with Crippen LogP contribution in [0.4, 0.5) is 4.39 Å². The van der Waals surface area contributed by atoms with Gasteiger partial charge in [0.05, 0.1) is 31.3 Å². The maximum atomic E-state index is 13.6. The molecule has 0 saturated carbocycles. The number of methoxy groups -OCH3 is 1. The number of hydrogen-bond acceptors (Lipinski definition) is 6. The van der Waals surface area contributed by atoms with Gasteiger partial charge in [0, 0.05) is 19.6 Å². The van der Waals surface area contributed by atoms with Crippen LogP contribution in [0.5, 0.6) is 0 Å². The van der Waals surface area contributed by atoms with Crippen molar-refractivity contribution >= 4 is 11.9 Å². The van der Waals surface area contributed by atoms with Gasteiger partial charge >= 0.3 is 5.97 Å². The number of ether oxygens (including phenoxy) is 1. The van der Waals surface area contributed by atoms with Crippen molar-refractivity contribution in [3.05, 3.63) is 53.1 Å². The van der Waals surface area contributed by atoms with Gasteiger partial charge in [-0.05, 0) is 30.2 Å². The topological polar surface area (TPSA) is 88.5 Å². The van der Waals surface area contributed by atoms with Crippen LogP contribution in [0.15, 0.2) is 30.3 Å². The maximum Gasteiger partial charge on any atom is 0.358 e. The predicted octanol–water partition coefficient (Wildman–Crippen LogP) is 1.01. The second-order valence-electron chi connectivity index (χ2n) is 7.01. The number of nitrogens with one attached hydrogen (secondary N) is 2. The van der Waals surface area contributed by atoms with E-state index < -0.39 is 5.97 Å². The summed E-state index contributed by atoms with van der Waals surface area (Å²) in [7, 11) is 1.31. The summed E-state index contributed by atoms with van der Waals surface area (Å²) >= 11 is 0. The van der Waals surface area contributed by atoms with E-state index in [1.807, 2.05) is 6.07 Å². The molecule has 1 amide bonds. The molecule has 2 aliphatic heterocycles. The Kier molecular flexibility index (Phi) is 5.10. The number of aromatic nitrogens is 2. The molecule has 1 fully saturated rings. The quantitative estimate of drug-likeness (QED) is 0.765. The molecule has 0 bridgehead atoms. The molecule has 2 N–H and O–H groups in total. The second-order valence-corrected chi connectivity index (χ2v) is 7.01. The summed E-state index contributed by atoms with van der Waals surface area (Å²) in [5, 5.41) is 4.28. The minimum atomic E-state index is -0.492. The van der Waals surface area contributed by atoms with Gasteiger partial charge in [-0.25, -0.2) is 14.6 Å². The maximum absolute atomic E-state index is 13.6. The van der Waals surface area contributed by atoms with Crippen molar-refractivity contribution in [3.8, 4) is 0 Å². The third kappa shape index (κ3) is 3.50. The Hall–Kier alpha value is -2.78. The van der Waals surface area contributed by atoms with Crippen LogP contribution in [-0.2, 0) is 22.6 Å². The van der Waals surface area contributed by atoms with E-state index in [2.05, 4.69) is 16.0 Å². The number of benzene rings is 1. The molecule has 0 spiro atoms. The molecule has 2 atom stereocenters. The Labute approximate surface area is 161 Å². The van der Waals surface area contributed by atoms with Crippen molar-refractivity contribution in [3.63, 3.8) is 0 Å². The van der Waals surface area contributed by atoms with Gasteiger partial charge in [0.1, 0.15) is 5.82 Å². The summed E-state index contributed by atoms with van der Waals surface area (Å²) in [6.45, 7) is 2.06. The van der Waals surface area contributed by atoms with Gasteiger partial charge in [-0.3, -0.25) is 14.9 Å². The lowest BCUT2D eigenvalue weighted by molar-refractivity contribution is -0.136. The average molecular weight is 387 g/mol. The van der Waals surface area contributed by atoms with Gasteiger partial charge in [0.15, 0.2) is 5.69 Å². The van der Waals surface area contributed by atoms with Crippen molar-refractivity contribution in [2.45, 2.75) is 25.6 Å². The highest BCUT2D eigenvalue weighted by Gasteiger charge is 2.37. The molecule has 1 aromatic carbocycles. The number of carbonyl (C=O) groups is 2. The first-order valence-electron chi connectivity index (χ1n) is 9.24. The van der Waals surface area contributed by atoms with Gasteiger partial charge in [0.2, 0.25) is 5.91 Å². The molecule has 4 rings (SSSR count). The van der Waals surface area contributed by atoms with Crippen LogP contribution < -0.4 is 10.9 Å². The van der Waals surface area contributed by atoms with Crippen LogP contribution in [0.2, 0.25) is 0 Å². The molecule has 0 aliphatic carbocycles. The van der Waals surface area contributed by atoms with Crippen LogP contribution in [0, 0.1) is 11.7 Å². The Bertz CT molecular complexity index is 899. The van der Waals surface area contributed by atoms with Crippen molar-refractivity contribution < 1.29 is 18.7 Å². The fraction of sp³-hybridized carbons (Fsp3) is 0.421. The number of carbonyl (C=O) groups excluding carboxylic acids is 2. The SMILES string of the molecule is COC(=O)c1cc2n(n1)CCCN(C(=O)C1CNNC1c1cccc(F)c1)C2. The Morgan fingerprint density at radius 1 is 1.29 bits per heavy atom. The van der Waals surface area contributed by atoms with E-state index in [9.17, 15) is 14.0 Å². The number of hydrogen-bond donors (Lipinski definition) is 2. The Balaban J connectivity index is 1.54. The fourth-order valence-corrected chi connectivity index (χ4v) is 3.83. The third-order valence-electron chi connectivity index (χ3n) is 5.23. The molecule has 9 heteroatoms. The van der Waals surface area contributed by atoms with Crippen molar-refractivity contribution in [2.24, 2.45) is 5.92 Å². The minimum absolute atomic E-state index is 0.0129. The zero-order valence-corrected chi connectivity index (χ0v) is 15.5. The van der Waals surface area contributed by atoms with E-state index in [4.69, 9.17) is 4.74 Å². The molecular weight excluding hydrogens is 365 g/mol. The molecular formula is C19H22FN5O3. The molecule has 2 unspecified atom stereocenters. The van der Waals surface area contributed by atoms with E-state index in [0.717, 1.165) is 17.7 Å². The summed E-state index contributed by atoms with van der Waals surface area (Å²) in [6, 6.07) is 7.66. The van der Waals surface area contributed by atoms with Crippen molar-refractivity contribution in [1.82, 2.24) is 25.5 Å². The Morgan fingerprint density at radius 2 is 2.14 bits per heavy atom. The van der Waals surface area contributed by atoms with E-state index in [0.29, 0.717) is 26.2 Å². The molecule has 148 valence electrons. The standard InChI is InChI=1S/C19H22FN5O3/c1-28-19(27)16-9-14-11-24(6-3-7-25(14)23-16)18(26)15-10-21-22-17(15)12-4-2-5-13(20)8-12/h2,4-5,8-9,15,17,21-22H,3,6-7,10-11H2,1H3. The molecule has 8 nitrogen and oxygen atoms in total. The summed E-state index contributed by atoms with van der Waals surface area (Å²) in [5.41, 5.74) is 7.89. The van der Waals surface area contributed by atoms with Crippen LogP contribution in [0.3, 0.4) is 0 Å². The number of fused-ring (bicyclic) bond motifs is 1. The number of aryl methyl sites for hydroxylation is 1. The summed E-state index contributed by atoms with van der Waals surface area (Å²) < 4.78 is 20.1. The van der Waals surface area contributed by atoms with Gasteiger partial charge < -0.3 is 9.64 Å². The van der Waals surface area contributed by atoms with Gasteiger partial charge in [-0.1, -0.05) is 12.1 Å². The first kappa shape index (κ1) is 18.6. The molecule has 2 aromatic rings. The molecule has 0 radical (unpaired) electrons. The fourth-order valence-electron chi connectivity index (χ4n) is 3.83. The smallest absolute Gasteiger partial charge is 0.358 e. The third-order valence-corrected chi connectivity index (χ3v) is 5.23. The van der Waals surface area contributed by atoms with Crippen LogP contribution in [0.1, 0.15) is 34.2 Å². The summed E-state index contributed by atoms with van der Waals surface area (Å²) in [5.74, 6) is -1.18. The van der Waals surface area contributed by atoms with Crippen molar-refractivity contribution in [2.75, 3.05) is 20.2 Å². The zero-order chi connectivity index (χ0) is 19.7. The number of hydrazine groups is 1. The first-order valence-corrected chi connectivity index (χ1v) is 9.24. The number of halogens is 1.